The van der Waals surface area contributed by atoms with Gasteiger partial charge in [0.15, 0.2) is 23.0 Å². The van der Waals surface area contributed by atoms with Crippen molar-refractivity contribution >= 4 is 15.9 Å². The first-order chi connectivity index (χ1) is 15.5. The van der Waals surface area contributed by atoms with Crippen LogP contribution in [0.5, 0.6) is 23.0 Å². The third-order valence-electron chi connectivity index (χ3n) is 5.73. The zero-order valence-electron chi connectivity index (χ0n) is 17.4. The summed E-state index contributed by atoms with van der Waals surface area (Å²) < 4.78 is 50.3. The number of rotatable bonds is 5. The second-order valence-corrected chi connectivity index (χ2v) is 9.69. The van der Waals surface area contributed by atoms with Crippen molar-refractivity contribution < 1.29 is 32.2 Å². The molecule has 9 nitrogen and oxygen atoms in total. The fourth-order valence-corrected chi connectivity index (χ4v) is 5.00. The first kappa shape index (κ1) is 20.9. The van der Waals surface area contributed by atoms with E-state index in [1.54, 1.807) is 23.1 Å². The summed E-state index contributed by atoms with van der Waals surface area (Å²) in [6, 6.07) is 9.65. The van der Waals surface area contributed by atoms with Crippen LogP contribution < -0.4 is 23.7 Å². The van der Waals surface area contributed by atoms with E-state index in [1.165, 1.54) is 18.2 Å². The molecular formula is C22H24N2O7S. The first-order valence-electron chi connectivity index (χ1n) is 10.6. The van der Waals surface area contributed by atoms with Crippen molar-refractivity contribution in [2.24, 2.45) is 0 Å². The molecule has 1 atom stereocenters. The number of amides is 1. The van der Waals surface area contributed by atoms with Gasteiger partial charge in [0.1, 0.15) is 6.61 Å². The van der Waals surface area contributed by atoms with Gasteiger partial charge in [-0.05, 0) is 49.1 Å². The third-order valence-corrected chi connectivity index (χ3v) is 7.13. The molecule has 3 aliphatic rings. The standard InChI is InChI=1S/C22H24N2O7S/c25-22(24-8-2-1-3-9-24)21-13-28-20-11-16(5-7-18(20)31-21)32(26,27)23-12-15-4-6-17-19(10-15)30-14-29-17/h4-7,10-11,21,23H,1-3,8-9,12-14H2/t21-/m1/s1. The number of hydrogen-bond donors (Lipinski definition) is 1. The Morgan fingerprint density at radius 3 is 2.53 bits per heavy atom. The minimum atomic E-state index is -3.79. The molecule has 0 saturated carbocycles. The summed E-state index contributed by atoms with van der Waals surface area (Å²) >= 11 is 0. The zero-order chi connectivity index (χ0) is 22.1. The van der Waals surface area contributed by atoms with Gasteiger partial charge in [-0.3, -0.25) is 4.79 Å². The SMILES string of the molecule is O=C([C@H]1COc2cc(S(=O)(=O)NCc3ccc4c(c3)OCO4)ccc2O1)N1CCCCC1. The van der Waals surface area contributed by atoms with Crippen LogP contribution in [0, 0.1) is 0 Å². The molecule has 2 aromatic carbocycles. The number of ether oxygens (including phenoxy) is 4. The summed E-state index contributed by atoms with van der Waals surface area (Å²) in [5, 5.41) is 0. The third kappa shape index (κ3) is 4.20. The van der Waals surface area contributed by atoms with Gasteiger partial charge in [0, 0.05) is 25.7 Å². The minimum Gasteiger partial charge on any atom is -0.485 e. The van der Waals surface area contributed by atoms with Crippen molar-refractivity contribution in [3.63, 3.8) is 0 Å². The van der Waals surface area contributed by atoms with E-state index in [1.807, 2.05) is 0 Å². The highest BCUT2D eigenvalue weighted by Crippen LogP contribution is 2.35. The van der Waals surface area contributed by atoms with Gasteiger partial charge in [0.25, 0.3) is 5.91 Å². The summed E-state index contributed by atoms with van der Waals surface area (Å²) in [7, 11) is -3.79. The highest BCUT2D eigenvalue weighted by molar-refractivity contribution is 7.89. The second-order valence-electron chi connectivity index (χ2n) is 7.92. The van der Waals surface area contributed by atoms with E-state index in [-0.39, 0.29) is 30.7 Å². The number of nitrogens with zero attached hydrogens (tertiary/aromatic N) is 1. The zero-order valence-corrected chi connectivity index (χ0v) is 18.2. The lowest BCUT2D eigenvalue weighted by atomic mass is 10.1. The summed E-state index contributed by atoms with van der Waals surface area (Å²) in [5.41, 5.74) is 0.745. The molecule has 0 bridgehead atoms. The molecular weight excluding hydrogens is 436 g/mol. The molecule has 0 spiro atoms. The van der Waals surface area contributed by atoms with Gasteiger partial charge in [0.05, 0.1) is 4.90 Å². The van der Waals surface area contributed by atoms with Crippen LogP contribution in [0.2, 0.25) is 0 Å². The predicted octanol–water partition coefficient (Wildman–Crippen LogP) is 2.05. The molecule has 0 radical (unpaired) electrons. The number of nitrogens with one attached hydrogen (secondary N) is 1. The predicted molar refractivity (Wildman–Crippen MR) is 113 cm³/mol. The topological polar surface area (TPSA) is 103 Å². The Bertz CT molecular complexity index is 1130. The number of fused-ring (bicyclic) bond motifs is 2. The van der Waals surface area contributed by atoms with E-state index in [0.29, 0.717) is 23.0 Å². The quantitative estimate of drug-likeness (QED) is 0.728. The molecule has 32 heavy (non-hydrogen) atoms. The van der Waals surface area contributed by atoms with Crippen LogP contribution in [-0.2, 0) is 21.4 Å². The molecule has 5 rings (SSSR count). The average Bonchev–Trinajstić information content (AvgIpc) is 3.30. The number of carbonyl (C=O) groups is 1. The van der Waals surface area contributed by atoms with Crippen LogP contribution in [0.3, 0.4) is 0 Å². The van der Waals surface area contributed by atoms with E-state index in [9.17, 15) is 13.2 Å². The van der Waals surface area contributed by atoms with Gasteiger partial charge in [-0.15, -0.1) is 0 Å². The lowest BCUT2D eigenvalue weighted by Gasteiger charge is -2.32. The molecule has 170 valence electrons. The number of benzene rings is 2. The van der Waals surface area contributed by atoms with E-state index in [0.717, 1.165) is 37.9 Å². The van der Waals surface area contributed by atoms with Crippen LogP contribution in [-0.4, -0.2) is 51.8 Å². The Labute approximate surface area is 186 Å². The summed E-state index contributed by atoms with van der Waals surface area (Å²) in [6.45, 7) is 1.78. The number of likely N-dealkylation sites (tertiary alicyclic amines) is 1. The van der Waals surface area contributed by atoms with E-state index >= 15 is 0 Å². The Hall–Kier alpha value is -2.98. The van der Waals surface area contributed by atoms with Gasteiger partial charge in [-0.1, -0.05) is 6.07 Å². The molecule has 2 aromatic rings. The molecule has 1 amide bonds. The Morgan fingerprint density at radius 2 is 1.69 bits per heavy atom. The Balaban J connectivity index is 1.25. The molecule has 1 fully saturated rings. The van der Waals surface area contributed by atoms with Gasteiger partial charge in [0.2, 0.25) is 22.9 Å². The Morgan fingerprint density at radius 1 is 0.938 bits per heavy atom. The normalized spacial score (nSPS) is 19.6. The lowest BCUT2D eigenvalue weighted by Crippen LogP contribution is -2.48. The smallest absolute Gasteiger partial charge is 0.267 e. The van der Waals surface area contributed by atoms with Gasteiger partial charge >= 0.3 is 0 Å². The van der Waals surface area contributed by atoms with Crippen LogP contribution in [0.15, 0.2) is 41.3 Å². The highest BCUT2D eigenvalue weighted by atomic mass is 32.2. The van der Waals surface area contributed by atoms with Crippen molar-refractivity contribution in [2.75, 3.05) is 26.5 Å². The summed E-state index contributed by atoms with van der Waals surface area (Å²) in [5.74, 6) is 1.81. The first-order valence-corrected chi connectivity index (χ1v) is 12.1. The minimum absolute atomic E-state index is 0.0520. The van der Waals surface area contributed by atoms with Crippen molar-refractivity contribution in [1.82, 2.24) is 9.62 Å². The molecule has 0 aliphatic carbocycles. The van der Waals surface area contributed by atoms with Crippen molar-refractivity contribution in [3.05, 3.63) is 42.0 Å². The second kappa shape index (κ2) is 8.51. The van der Waals surface area contributed by atoms with Crippen LogP contribution in [0.25, 0.3) is 0 Å². The largest absolute Gasteiger partial charge is 0.485 e. The molecule has 3 aliphatic heterocycles. The molecule has 1 N–H and O–H groups in total. The Kier molecular flexibility index (Phi) is 5.56. The monoisotopic (exact) mass is 460 g/mol. The molecule has 0 unspecified atom stereocenters. The molecule has 0 aromatic heterocycles. The summed E-state index contributed by atoms with van der Waals surface area (Å²) in [6.07, 6.45) is 2.41. The number of hydrogen-bond acceptors (Lipinski definition) is 7. The molecule has 3 heterocycles. The van der Waals surface area contributed by atoms with Gasteiger partial charge in [-0.25, -0.2) is 13.1 Å². The van der Waals surface area contributed by atoms with Crippen LogP contribution in [0.4, 0.5) is 0 Å². The fraction of sp³-hybridized carbons (Fsp3) is 0.409. The maximum absolute atomic E-state index is 12.8. The molecule has 1 saturated heterocycles. The maximum Gasteiger partial charge on any atom is 0.267 e. The number of sulfonamides is 1. The van der Waals surface area contributed by atoms with Crippen molar-refractivity contribution in [2.45, 2.75) is 36.8 Å². The van der Waals surface area contributed by atoms with Crippen LogP contribution >= 0.6 is 0 Å². The van der Waals surface area contributed by atoms with E-state index < -0.39 is 16.1 Å². The average molecular weight is 461 g/mol. The van der Waals surface area contributed by atoms with Gasteiger partial charge in [-0.2, -0.15) is 0 Å². The lowest BCUT2D eigenvalue weighted by molar-refractivity contribution is -0.142. The number of carbonyl (C=O) groups excluding carboxylic acids is 1. The van der Waals surface area contributed by atoms with E-state index in [2.05, 4.69) is 4.72 Å². The van der Waals surface area contributed by atoms with Crippen LogP contribution in [0.1, 0.15) is 24.8 Å². The summed E-state index contributed by atoms with van der Waals surface area (Å²) in [4.78, 5) is 14.5. The van der Waals surface area contributed by atoms with Crippen molar-refractivity contribution in [3.8, 4) is 23.0 Å². The van der Waals surface area contributed by atoms with E-state index in [4.69, 9.17) is 18.9 Å². The maximum atomic E-state index is 12.8. The van der Waals surface area contributed by atoms with Crippen molar-refractivity contribution in [1.29, 1.82) is 0 Å². The fourth-order valence-electron chi connectivity index (χ4n) is 3.97. The van der Waals surface area contributed by atoms with Gasteiger partial charge < -0.3 is 23.8 Å². The molecule has 10 heteroatoms. The highest BCUT2D eigenvalue weighted by Gasteiger charge is 2.32. The number of piperidine rings is 1.